The average Bonchev–Trinajstić information content (AvgIpc) is 2.83. The fourth-order valence-corrected chi connectivity index (χ4v) is 4.12. The van der Waals surface area contributed by atoms with E-state index in [0.29, 0.717) is 11.4 Å². The number of halogens is 2. The molecule has 1 aromatic carbocycles. The van der Waals surface area contributed by atoms with Crippen molar-refractivity contribution in [3.63, 3.8) is 0 Å². The molecule has 0 bridgehead atoms. The van der Waals surface area contributed by atoms with E-state index >= 15 is 0 Å². The van der Waals surface area contributed by atoms with Gasteiger partial charge in [-0.05, 0) is 47.3 Å². The highest BCUT2D eigenvalue weighted by atomic mass is 79.9. The van der Waals surface area contributed by atoms with Gasteiger partial charge in [0.15, 0.2) is 0 Å². The number of hydrogen-bond donors (Lipinski definition) is 2. The fraction of sp³-hybridized carbons (Fsp3) is 0.500. The number of nitrogens with two attached hydrogens (primary N) is 1. The Kier molecular flexibility index (Phi) is 4.56. The third-order valence-electron chi connectivity index (χ3n) is 4.04. The summed E-state index contributed by atoms with van der Waals surface area (Å²) in [6, 6.07) is 3.69. The standard InChI is InChI=1S/C14H18Br2N2O/c1-2-14(5-3-4-6-14)13(19)18-12-10(16)7-9(15)8-11(12)17/h7-8H,2-6,17H2,1H3,(H,18,19). The lowest BCUT2D eigenvalue weighted by Gasteiger charge is -2.26. The zero-order valence-electron chi connectivity index (χ0n) is 10.9. The van der Waals surface area contributed by atoms with Gasteiger partial charge in [0.1, 0.15) is 0 Å². The van der Waals surface area contributed by atoms with E-state index in [1.54, 1.807) is 6.07 Å². The third-order valence-corrected chi connectivity index (χ3v) is 5.13. The van der Waals surface area contributed by atoms with Crippen LogP contribution in [0.25, 0.3) is 0 Å². The van der Waals surface area contributed by atoms with E-state index in [4.69, 9.17) is 5.73 Å². The highest BCUT2D eigenvalue weighted by Gasteiger charge is 2.39. The highest BCUT2D eigenvalue weighted by molar-refractivity contribution is 9.11. The van der Waals surface area contributed by atoms with Crippen molar-refractivity contribution in [3.05, 3.63) is 21.1 Å². The maximum absolute atomic E-state index is 12.6. The Labute approximate surface area is 130 Å². The molecule has 1 aliphatic carbocycles. The SMILES string of the molecule is CCC1(C(=O)Nc2c(N)cc(Br)cc2Br)CCCC1. The summed E-state index contributed by atoms with van der Waals surface area (Å²) in [6.07, 6.45) is 5.11. The van der Waals surface area contributed by atoms with Crippen LogP contribution in [-0.2, 0) is 4.79 Å². The molecular formula is C14H18Br2N2O. The minimum Gasteiger partial charge on any atom is -0.397 e. The monoisotopic (exact) mass is 388 g/mol. The third kappa shape index (κ3) is 2.97. The molecule has 1 fully saturated rings. The summed E-state index contributed by atoms with van der Waals surface area (Å²) in [5.74, 6) is 0.0993. The minimum atomic E-state index is -0.209. The van der Waals surface area contributed by atoms with Crippen LogP contribution in [-0.4, -0.2) is 5.91 Å². The predicted octanol–water partition coefficient (Wildman–Crippen LogP) is 4.70. The summed E-state index contributed by atoms with van der Waals surface area (Å²) in [5, 5.41) is 3.01. The molecule has 0 saturated heterocycles. The number of rotatable bonds is 3. The van der Waals surface area contributed by atoms with Crippen LogP contribution in [0.1, 0.15) is 39.0 Å². The van der Waals surface area contributed by atoms with Gasteiger partial charge in [0.2, 0.25) is 5.91 Å². The number of amides is 1. The van der Waals surface area contributed by atoms with Crippen molar-refractivity contribution in [1.82, 2.24) is 0 Å². The van der Waals surface area contributed by atoms with Crippen molar-refractivity contribution in [3.8, 4) is 0 Å². The van der Waals surface area contributed by atoms with Gasteiger partial charge in [-0.25, -0.2) is 0 Å². The molecule has 1 aromatic rings. The lowest BCUT2D eigenvalue weighted by atomic mass is 9.82. The van der Waals surface area contributed by atoms with Crippen LogP contribution >= 0.6 is 31.9 Å². The lowest BCUT2D eigenvalue weighted by Crippen LogP contribution is -2.33. The number of hydrogen-bond acceptors (Lipinski definition) is 2. The number of nitrogens with one attached hydrogen (secondary N) is 1. The smallest absolute Gasteiger partial charge is 0.230 e. The van der Waals surface area contributed by atoms with E-state index in [9.17, 15) is 4.79 Å². The number of nitrogen functional groups attached to an aromatic ring is 1. The molecule has 0 spiro atoms. The summed E-state index contributed by atoms with van der Waals surface area (Å²) < 4.78 is 1.69. The molecule has 3 nitrogen and oxygen atoms in total. The Bertz CT molecular complexity index is 473. The van der Waals surface area contributed by atoms with E-state index in [2.05, 4.69) is 44.1 Å². The summed E-state index contributed by atoms with van der Waals surface area (Å²) in [5.41, 5.74) is 7.01. The summed E-state index contributed by atoms with van der Waals surface area (Å²) in [6.45, 7) is 2.09. The van der Waals surface area contributed by atoms with Crippen molar-refractivity contribution in [1.29, 1.82) is 0 Å². The van der Waals surface area contributed by atoms with E-state index in [-0.39, 0.29) is 11.3 Å². The van der Waals surface area contributed by atoms with Crippen LogP contribution < -0.4 is 11.1 Å². The van der Waals surface area contributed by atoms with Gasteiger partial charge in [-0.3, -0.25) is 4.79 Å². The second-order valence-electron chi connectivity index (χ2n) is 5.15. The maximum atomic E-state index is 12.6. The molecule has 0 unspecified atom stereocenters. The normalized spacial score (nSPS) is 17.4. The molecule has 5 heteroatoms. The first-order valence-corrected chi connectivity index (χ1v) is 8.13. The topological polar surface area (TPSA) is 55.1 Å². The van der Waals surface area contributed by atoms with Crippen molar-refractivity contribution in [2.45, 2.75) is 39.0 Å². The van der Waals surface area contributed by atoms with Crippen LogP contribution in [0.5, 0.6) is 0 Å². The first kappa shape index (κ1) is 14.9. The molecule has 2 rings (SSSR count). The van der Waals surface area contributed by atoms with Gasteiger partial charge in [-0.15, -0.1) is 0 Å². The molecule has 1 amide bonds. The zero-order chi connectivity index (χ0) is 14.0. The molecule has 1 aliphatic rings. The van der Waals surface area contributed by atoms with Crippen LogP contribution in [0, 0.1) is 5.41 Å². The second-order valence-corrected chi connectivity index (χ2v) is 6.92. The van der Waals surface area contributed by atoms with Gasteiger partial charge >= 0.3 is 0 Å². The van der Waals surface area contributed by atoms with Crippen LogP contribution in [0.2, 0.25) is 0 Å². The Morgan fingerprint density at radius 2 is 2.00 bits per heavy atom. The lowest BCUT2D eigenvalue weighted by molar-refractivity contribution is -0.125. The van der Waals surface area contributed by atoms with Crippen LogP contribution in [0.15, 0.2) is 21.1 Å². The van der Waals surface area contributed by atoms with Crippen molar-refractivity contribution in [2.24, 2.45) is 5.41 Å². The molecule has 104 valence electrons. The van der Waals surface area contributed by atoms with E-state index in [1.165, 1.54) is 0 Å². The molecule has 0 aromatic heterocycles. The van der Waals surface area contributed by atoms with Gasteiger partial charge in [0.05, 0.1) is 11.4 Å². The van der Waals surface area contributed by atoms with Crippen molar-refractivity contribution >= 4 is 49.1 Å². The molecule has 19 heavy (non-hydrogen) atoms. The van der Waals surface area contributed by atoms with E-state index in [1.807, 2.05) is 6.07 Å². The zero-order valence-corrected chi connectivity index (χ0v) is 14.1. The molecule has 0 aliphatic heterocycles. The van der Waals surface area contributed by atoms with Gasteiger partial charge < -0.3 is 11.1 Å². The van der Waals surface area contributed by atoms with Crippen LogP contribution in [0.3, 0.4) is 0 Å². The van der Waals surface area contributed by atoms with Crippen molar-refractivity contribution < 1.29 is 4.79 Å². The van der Waals surface area contributed by atoms with Crippen molar-refractivity contribution in [2.75, 3.05) is 11.1 Å². The summed E-state index contributed by atoms with van der Waals surface area (Å²) >= 11 is 6.83. The molecule has 3 N–H and O–H groups in total. The Hall–Kier alpha value is -0.550. The number of carbonyl (C=O) groups is 1. The molecule has 0 radical (unpaired) electrons. The largest absolute Gasteiger partial charge is 0.397 e. The summed E-state index contributed by atoms with van der Waals surface area (Å²) in [4.78, 5) is 12.6. The number of benzene rings is 1. The first-order chi connectivity index (χ1) is 8.98. The van der Waals surface area contributed by atoms with E-state index < -0.39 is 0 Å². The maximum Gasteiger partial charge on any atom is 0.230 e. The molecular weight excluding hydrogens is 372 g/mol. The first-order valence-electron chi connectivity index (χ1n) is 6.54. The fourth-order valence-electron chi connectivity index (χ4n) is 2.76. The number of carbonyl (C=O) groups excluding carboxylic acids is 1. The van der Waals surface area contributed by atoms with Gasteiger partial charge in [0, 0.05) is 14.4 Å². The van der Waals surface area contributed by atoms with Gasteiger partial charge in [-0.1, -0.05) is 35.7 Å². The Morgan fingerprint density at radius 3 is 2.53 bits per heavy atom. The Balaban J connectivity index is 2.24. The highest BCUT2D eigenvalue weighted by Crippen LogP contribution is 2.43. The molecule has 1 saturated carbocycles. The predicted molar refractivity (Wildman–Crippen MR) is 86.1 cm³/mol. The minimum absolute atomic E-state index is 0.0993. The van der Waals surface area contributed by atoms with E-state index in [0.717, 1.165) is 41.0 Å². The average molecular weight is 390 g/mol. The van der Waals surface area contributed by atoms with Gasteiger partial charge in [0.25, 0.3) is 0 Å². The molecule has 0 atom stereocenters. The second kappa shape index (κ2) is 5.83. The molecule has 0 heterocycles. The van der Waals surface area contributed by atoms with Gasteiger partial charge in [-0.2, -0.15) is 0 Å². The number of anilines is 2. The summed E-state index contributed by atoms with van der Waals surface area (Å²) in [7, 11) is 0. The quantitative estimate of drug-likeness (QED) is 0.736. The Morgan fingerprint density at radius 1 is 1.37 bits per heavy atom. The van der Waals surface area contributed by atoms with Crippen LogP contribution in [0.4, 0.5) is 11.4 Å².